The van der Waals surface area contributed by atoms with Crippen LogP contribution < -0.4 is 5.73 Å². The van der Waals surface area contributed by atoms with Gasteiger partial charge in [0.1, 0.15) is 12.4 Å². The van der Waals surface area contributed by atoms with Gasteiger partial charge in [-0.15, -0.1) is 0 Å². The lowest BCUT2D eigenvalue weighted by molar-refractivity contribution is -0.118. The fourth-order valence-electron chi connectivity index (χ4n) is 2.28. The predicted octanol–water partition coefficient (Wildman–Crippen LogP) is 2.69. The third-order valence-electron chi connectivity index (χ3n) is 3.22. The normalized spacial score (nSPS) is 11.2. The first-order valence-electron chi connectivity index (χ1n) is 6.71. The number of primary amides is 1. The first-order valence-corrected chi connectivity index (χ1v) is 6.71. The number of imidazole rings is 1. The fraction of sp³-hybridized carbons (Fsp3) is 0.0588. The van der Waals surface area contributed by atoms with E-state index in [1.807, 2.05) is 71.3 Å². The van der Waals surface area contributed by atoms with Crippen LogP contribution in [0, 0.1) is 0 Å². The molecule has 1 aromatic heterocycles. The van der Waals surface area contributed by atoms with Crippen molar-refractivity contribution in [3.8, 4) is 0 Å². The smallest absolute Gasteiger partial charge is 0.237 e. The highest BCUT2D eigenvalue weighted by Crippen LogP contribution is 2.17. The predicted molar refractivity (Wildman–Crippen MR) is 84.3 cm³/mol. The minimum atomic E-state index is -0.382. The Labute approximate surface area is 122 Å². The third kappa shape index (κ3) is 2.84. The first-order chi connectivity index (χ1) is 10.2. The van der Waals surface area contributed by atoms with E-state index in [2.05, 4.69) is 4.98 Å². The highest BCUT2D eigenvalue weighted by Gasteiger charge is 2.09. The Balaban J connectivity index is 2.04. The van der Waals surface area contributed by atoms with Gasteiger partial charge in [-0.3, -0.25) is 4.79 Å². The van der Waals surface area contributed by atoms with Crippen molar-refractivity contribution in [3.63, 3.8) is 0 Å². The number of carbonyl (C=O) groups is 1. The molecule has 0 aliphatic carbocycles. The molecule has 2 aromatic carbocycles. The monoisotopic (exact) mass is 277 g/mol. The molecule has 0 saturated carbocycles. The second kappa shape index (κ2) is 5.63. The molecule has 3 rings (SSSR count). The molecular formula is C17H15N3O. The largest absolute Gasteiger partial charge is 0.368 e. The number of nitrogens with zero attached hydrogens (tertiary/aromatic N) is 2. The molecule has 104 valence electrons. The van der Waals surface area contributed by atoms with E-state index in [9.17, 15) is 4.79 Å². The van der Waals surface area contributed by atoms with Crippen molar-refractivity contribution in [3.05, 3.63) is 66.0 Å². The van der Waals surface area contributed by atoms with Crippen molar-refractivity contribution in [1.29, 1.82) is 0 Å². The van der Waals surface area contributed by atoms with Gasteiger partial charge in [-0.2, -0.15) is 0 Å². The van der Waals surface area contributed by atoms with Crippen molar-refractivity contribution in [2.45, 2.75) is 6.54 Å². The summed E-state index contributed by atoms with van der Waals surface area (Å²) in [7, 11) is 0. The van der Waals surface area contributed by atoms with Crippen molar-refractivity contribution in [2.75, 3.05) is 0 Å². The number of fused-ring (bicyclic) bond motifs is 1. The summed E-state index contributed by atoms with van der Waals surface area (Å²) in [6.45, 7) is 0.120. The number of para-hydroxylation sites is 2. The number of hydrogen-bond donors (Lipinski definition) is 1. The quantitative estimate of drug-likeness (QED) is 0.797. The molecular weight excluding hydrogens is 262 g/mol. The molecule has 1 heterocycles. The lowest BCUT2D eigenvalue weighted by atomic mass is 10.2. The lowest BCUT2D eigenvalue weighted by Crippen LogP contribution is -2.19. The maximum Gasteiger partial charge on any atom is 0.237 e. The van der Waals surface area contributed by atoms with Gasteiger partial charge in [0.25, 0.3) is 0 Å². The van der Waals surface area contributed by atoms with Crippen LogP contribution in [0.25, 0.3) is 23.2 Å². The summed E-state index contributed by atoms with van der Waals surface area (Å²) in [4.78, 5) is 15.8. The molecule has 2 N–H and O–H groups in total. The summed E-state index contributed by atoms with van der Waals surface area (Å²) in [5.74, 6) is 0.339. The molecule has 0 unspecified atom stereocenters. The van der Waals surface area contributed by atoms with E-state index in [0.29, 0.717) is 0 Å². The van der Waals surface area contributed by atoms with Crippen molar-refractivity contribution < 1.29 is 4.79 Å². The van der Waals surface area contributed by atoms with Crippen molar-refractivity contribution in [1.82, 2.24) is 9.55 Å². The van der Waals surface area contributed by atoms with Crippen LogP contribution in [0.3, 0.4) is 0 Å². The molecule has 4 heteroatoms. The van der Waals surface area contributed by atoms with Gasteiger partial charge in [0, 0.05) is 0 Å². The van der Waals surface area contributed by atoms with Crippen LogP contribution in [-0.4, -0.2) is 15.5 Å². The number of hydrogen-bond acceptors (Lipinski definition) is 2. The Bertz CT molecular complexity index is 803. The maximum atomic E-state index is 11.3. The minimum absolute atomic E-state index is 0.120. The summed E-state index contributed by atoms with van der Waals surface area (Å²) in [5.41, 5.74) is 8.18. The van der Waals surface area contributed by atoms with Gasteiger partial charge in [-0.1, -0.05) is 48.5 Å². The third-order valence-corrected chi connectivity index (χ3v) is 3.22. The number of benzene rings is 2. The van der Waals surface area contributed by atoms with E-state index >= 15 is 0 Å². The van der Waals surface area contributed by atoms with E-state index in [-0.39, 0.29) is 12.5 Å². The van der Waals surface area contributed by atoms with Crippen LogP contribution in [0.15, 0.2) is 54.6 Å². The van der Waals surface area contributed by atoms with Crippen LogP contribution in [0.5, 0.6) is 0 Å². The van der Waals surface area contributed by atoms with Crippen molar-refractivity contribution >= 4 is 29.1 Å². The van der Waals surface area contributed by atoms with Gasteiger partial charge in [0.2, 0.25) is 5.91 Å². The molecule has 21 heavy (non-hydrogen) atoms. The topological polar surface area (TPSA) is 60.9 Å². The average molecular weight is 277 g/mol. The molecule has 0 radical (unpaired) electrons. The molecule has 0 spiro atoms. The van der Waals surface area contributed by atoms with Crippen LogP contribution in [0.1, 0.15) is 11.4 Å². The molecule has 3 aromatic rings. The van der Waals surface area contributed by atoms with Crippen LogP contribution in [0.4, 0.5) is 0 Å². The average Bonchev–Trinajstić information content (AvgIpc) is 2.84. The van der Waals surface area contributed by atoms with Crippen LogP contribution in [0.2, 0.25) is 0 Å². The number of rotatable bonds is 4. The Morgan fingerprint density at radius 3 is 2.52 bits per heavy atom. The summed E-state index contributed by atoms with van der Waals surface area (Å²) >= 11 is 0. The Hall–Kier alpha value is -2.88. The van der Waals surface area contributed by atoms with Gasteiger partial charge < -0.3 is 10.3 Å². The molecule has 1 amide bonds. The molecule has 0 aliphatic heterocycles. The standard InChI is InChI=1S/C17H15N3O/c18-16(21)12-20-15-9-5-4-8-14(15)19-17(20)11-10-13-6-2-1-3-7-13/h1-11H,12H2,(H2,18,21). The maximum absolute atomic E-state index is 11.3. The van der Waals surface area contributed by atoms with E-state index in [0.717, 1.165) is 22.4 Å². The zero-order valence-corrected chi connectivity index (χ0v) is 11.4. The van der Waals surface area contributed by atoms with E-state index < -0.39 is 0 Å². The van der Waals surface area contributed by atoms with Crippen LogP contribution in [-0.2, 0) is 11.3 Å². The molecule has 0 aliphatic rings. The van der Waals surface area contributed by atoms with Gasteiger partial charge >= 0.3 is 0 Å². The van der Waals surface area contributed by atoms with E-state index in [1.165, 1.54) is 0 Å². The Morgan fingerprint density at radius 1 is 1.05 bits per heavy atom. The summed E-state index contributed by atoms with van der Waals surface area (Å²) in [5, 5.41) is 0. The first kappa shape index (κ1) is 13.1. The Morgan fingerprint density at radius 2 is 1.76 bits per heavy atom. The fourth-order valence-corrected chi connectivity index (χ4v) is 2.28. The zero-order valence-electron chi connectivity index (χ0n) is 11.4. The SMILES string of the molecule is NC(=O)Cn1c(C=Cc2ccccc2)nc2ccccc21. The second-order valence-electron chi connectivity index (χ2n) is 4.76. The van der Waals surface area contributed by atoms with E-state index in [1.54, 1.807) is 0 Å². The molecule has 0 saturated heterocycles. The number of amides is 1. The van der Waals surface area contributed by atoms with Gasteiger partial charge in [-0.05, 0) is 23.8 Å². The highest BCUT2D eigenvalue weighted by molar-refractivity contribution is 5.83. The molecule has 0 atom stereocenters. The van der Waals surface area contributed by atoms with Crippen LogP contribution >= 0.6 is 0 Å². The summed E-state index contributed by atoms with van der Waals surface area (Å²) < 4.78 is 1.83. The highest BCUT2D eigenvalue weighted by atomic mass is 16.1. The summed E-state index contributed by atoms with van der Waals surface area (Å²) in [6.07, 6.45) is 3.87. The molecule has 0 fully saturated rings. The van der Waals surface area contributed by atoms with Gasteiger partial charge in [0.05, 0.1) is 11.0 Å². The minimum Gasteiger partial charge on any atom is -0.368 e. The Kier molecular flexibility index (Phi) is 3.51. The van der Waals surface area contributed by atoms with Gasteiger partial charge in [-0.25, -0.2) is 4.98 Å². The summed E-state index contributed by atoms with van der Waals surface area (Å²) in [6, 6.07) is 17.7. The zero-order chi connectivity index (χ0) is 14.7. The molecule has 4 nitrogen and oxygen atoms in total. The van der Waals surface area contributed by atoms with Crippen molar-refractivity contribution in [2.24, 2.45) is 5.73 Å². The number of nitrogens with two attached hydrogens (primary N) is 1. The second-order valence-corrected chi connectivity index (χ2v) is 4.76. The number of aromatic nitrogens is 2. The van der Waals surface area contributed by atoms with Gasteiger partial charge in [0.15, 0.2) is 0 Å². The number of carbonyl (C=O) groups excluding carboxylic acids is 1. The molecule has 0 bridgehead atoms. The lowest BCUT2D eigenvalue weighted by Gasteiger charge is -2.03. The van der Waals surface area contributed by atoms with E-state index in [4.69, 9.17) is 5.73 Å².